The molecular weight excluding hydrogens is 909 g/mol. The normalized spacial score (nSPS) is 15.4. The third-order valence-corrected chi connectivity index (χ3v) is 15.6. The molecular formula is C40H34F8N6O4S4. The molecule has 2 aliphatic heterocycles. The van der Waals surface area contributed by atoms with Gasteiger partial charge in [0.25, 0.3) is 0 Å². The highest BCUT2D eigenvalue weighted by molar-refractivity contribution is 7.89. The van der Waals surface area contributed by atoms with Crippen LogP contribution in [-0.2, 0) is 32.9 Å². The lowest BCUT2D eigenvalue weighted by atomic mass is 10.1. The molecule has 0 saturated carbocycles. The van der Waals surface area contributed by atoms with E-state index < -0.39 is 76.4 Å². The van der Waals surface area contributed by atoms with Crippen LogP contribution in [-0.4, -0.2) is 87.8 Å². The van der Waals surface area contributed by atoms with E-state index in [1.54, 1.807) is 10.8 Å². The molecule has 0 atom stereocenters. The van der Waals surface area contributed by atoms with Crippen molar-refractivity contribution in [3.8, 4) is 0 Å². The zero-order valence-corrected chi connectivity index (χ0v) is 35.4. The van der Waals surface area contributed by atoms with E-state index in [0.717, 1.165) is 63.2 Å². The van der Waals surface area contributed by atoms with Crippen LogP contribution in [0.2, 0.25) is 0 Å². The van der Waals surface area contributed by atoms with Crippen LogP contribution in [0.15, 0.2) is 93.3 Å². The lowest BCUT2D eigenvalue weighted by molar-refractivity contribution is 0.378. The summed E-state index contributed by atoms with van der Waals surface area (Å²) in [5.74, 6) is -7.64. The average molecular weight is 943 g/mol. The van der Waals surface area contributed by atoms with E-state index in [1.165, 1.54) is 40.9 Å². The van der Waals surface area contributed by atoms with E-state index in [2.05, 4.69) is 9.97 Å². The molecule has 0 N–H and O–H groups in total. The molecule has 6 aromatic rings. The predicted molar refractivity (Wildman–Crippen MR) is 217 cm³/mol. The first-order chi connectivity index (χ1) is 29.5. The number of halogens is 8. The van der Waals surface area contributed by atoms with Gasteiger partial charge in [-0.25, -0.2) is 61.9 Å². The minimum absolute atomic E-state index is 0.0418. The average Bonchev–Trinajstić information content (AvgIpc) is 3.89. The zero-order valence-electron chi connectivity index (χ0n) is 32.1. The van der Waals surface area contributed by atoms with Crippen molar-refractivity contribution in [1.82, 2.24) is 18.6 Å². The fourth-order valence-electron chi connectivity index (χ4n) is 6.78. The number of sulfonamides is 2. The number of nitrogens with zero attached hydrogens (tertiary/aromatic N) is 6. The van der Waals surface area contributed by atoms with E-state index in [1.807, 2.05) is 9.80 Å². The van der Waals surface area contributed by atoms with Crippen molar-refractivity contribution in [2.45, 2.75) is 22.6 Å². The van der Waals surface area contributed by atoms with Crippen LogP contribution in [0.5, 0.6) is 0 Å². The number of rotatable bonds is 10. The second-order valence-electron chi connectivity index (χ2n) is 14.0. The molecule has 0 unspecified atom stereocenters. The largest absolute Gasteiger partial charge is 0.345 e. The topological polar surface area (TPSA) is 107 Å². The van der Waals surface area contributed by atoms with Gasteiger partial charge in [0.05, 0.1) is 11.4 Å². The van der Waals surface area contributed by atoms with Crippen molar-refractivity contribution >= 4 is 53.0 Å². The summed E-state index contributed by atoms with van der Waals surface area (Å²) < 4.78 is 162. The van der Waals surface area contributed by atoms with Gasteiger partial charge < -0.3 is 9.80 Å². The number of hydrogen-bond acceptors (Lipinski definition) is 10. The van der Waals surface area contributed by atoms with Crippen molar-refractivity contribution in [3.63, 3.8) is 0 Å². The minimum Gasteiger partial charge on any atom is -0.345 e. The molecule has 0 aliphatic carbocycles. The van der Waals surface area contributed by atoms with E-state index in [-0.39, 0.29) is 45.7 Å². The summed E-state index contributed by atoms with van der Waals surface area (Å²) in [6.45, 7) is 1.36. The zero-order chi connectivity index (χ0) is 44.3. The molecule has 10 nitrogen and oxygen atoms in total. The Bertz CT molecular complexity index is 2740. The van der Waals surface area contributed by atoms with Crippen LogP contribution in [0.25, 0.3) is 0 Å². The van der Waals surface area contributed by atoms with Crippen molar-refractivity contribution < 1.29 is 52.0 Å². The van der Waals surface area contributed by atoms with Gasteiger partial charge in [0, 0.05) is 82.0 Å². The first-order valence-electron chi connectivity index (χ1n) is 18.7. The fraction of sp³-hybridized carbons (Fsp3) is 0.250. The molecule has 2 fully saturated rings. The van der Waals surface area contributed by atoms with E-state index >= 15 is 0 Å². The molecule has 8 rings (SSSR count). The van der Waals surface area contributed by atoms with Gasteiger partial charge in [-0.3, -0.25) is 0 Å². The van der Waals surface area contributed by atoms with Gasteiger partial charge in [0.2, 0.25) is 20.0 Å². The molecule has 2 aliphatic rings. The summed E-state index contributed by atoms with van der Waals surface area (Å²) >= 11 is 2.68. The number of aromatic nitrogens is 2. The third kappa shape index (κ3) is 10.1. The highest BCUT2D eigenvalue weighted by Gasteiger charge is 2.35. The van der Waals surface area contributed by atoms with Crippen molar-refractivity contribution in [2.24, 2.45) is 0 Å². The SMILES string of the molecule is O=S(=O)(c1c(F)cccc1F)N1CCN(c2nc(Cc3cc(F)cc(F)c3)cs2)CC1.O=S(=O)(c1c(F)cccc1F)N1CCN(c2nc(Cc3ccc(F)c(F)c3)cs2)CC1. The summed E-state index contributed by atoms with van der Waals surface area (Å²) in [7, 11) is -8.60. The molecule has 2 saturated heterocycles. The van der Waals surface area contributed by atoms with Gasteiger partial charge in [-0.15, -0.1) is 22.7 Å². The Hall–Kier alpha value is -5.00. The lowest BCUT2D eigenvalue weighted by Gasteiger charge is -2.33. The Balaban J connectivity index is 0.000000186. The molecule has 22 heteroatoms. The monoisotopic (exact) mass is 942 g/mol. The van der Waals surface area contributed by atoms with Crippen LogP contribution in [0.1, 0.15) is 22.5 Å². The van der Waals surface area contributed by atoms with Crippen molar-refractivity contribution in [1.29, 1.82) is 0 Å². The molecule has 0 radical (unpaired) electrons. The van der Waals surface area contributed by atoms with Crippen LogP contribution >= 0.6 is 22.7 Å². The van der Waals surface area contributed by atoms with Gasteiger partial charge >= 0.3 is 0 Å². The van der Waals surface area contributed by atoms with Crippen molar-refractivity contribution in [3.05, 3.63) is 153 Å². The van der Waals surface area contributed by atoms with Crippen LogP contribution in [0.4, 0.5) is 45.4 Å². The molecule has 4 heterocycles. The standard InChI is InChI=1S/2C20H17F4N3O2S2/c21-14-8-13(9-15(22)11-14)10-16-12-30-20(25-16)26-4-6-27(7-5-26)31(28,29)19-17(23)2-1-3-18(19)24;21-15-5-4-13(11-18(15)24)10-14-12-30-20(25-14)26-6-8-27(9-7-26)31(28,29)19-16(22)2-1-3-17(19)23/h1-3,8-9,11-12H,4-7,10H2;1-5,11-12H,6-10H2. The van der Waals surface area contributed by atoms with Gasteiger partial charge in [0.1, 0.15) is 34.9 Å². The molecule has 0 amide bonds. The van der Waals surface area contributed by atoms with Crippen molar-refractivity contribution in [2.75, 3.05) is 62.2 Å². The Kier molecular flexibility index (Phi) is 13.6. The van der Waals surface area contributed by atoms with E-state index in [9.17, 15) is 52.0 Å². The fourth-order valence-corrected chi connectivity index (χ4v) is 11.6. The Labute approximate surface area is 359 Å². The van der Waals surface area contributed by atoms with Crippen LogP contribution in [0.3, 0.4) is 0 Å². The summed E-state index contributed by atoms with van der Waals surface area (Å²) in [6, 6.07) is 12.8. The Morgan fingerprint density at radius 1 is 0.468 bits per heavy atom. The second kappa shape index (κ2) is 18.8. The molecule has 2 aromatic heterocycles. The smallest absolute Gasteiger partial charge is 0.249 e. The number of piperazine rings is 2. The second-order valence-corrected chi connectivity index (χ2v) is 19.4. The first-order valence-corrected chi connectivity index (χ1v) is 23.3. The summed E-state index contributed by atoms with van der Waals surface area (Å²) in [4.78, 5) is 10.8. The maximum atomic E-state index is 14.0. The summed E-state index contributed by atoms with van der Waals surface area (Å²) in [5, 5.41) is 4.87. The predicted octanol–water partition coefficient (Wildman–Crippen LogP) is 7.60. The number of hydrogen-bond donors (Lipinski definition) is 0. The third-order valence-electron chi connectivity index (χ3n) is 9.81. The van der Waals surface area contributed by atoms with E-state index in [0.29, 0.717) is 52.3 Å². The van der Waals surface area contributed by atoms with E-state index in [4.69, 9.17) is 0 Å². The summed E-state index contributed by atoms with van der Waals surface area (Å²) in [5.41, 5.74) is 2.35. The highest BCUT2D eigenvalue weighted by atomic mass is 32.2. The van der Waals surface area contributed by atoms with Crippen LogP contribution < -0.4 is 9.80 Å². The maximum Gasteiger partial charge on any atom is 0.249 e. The Morgan fingerprint density at radius 2 is 0.871 bits per heavy atom. The quantitative estimate of drug-likeness (QED) is 0.129. The van der Waals surface area contributed by atoms with Gasteiger partial charge in [-0.05, 0) is 59.7 Å². The molecule has 4 aromatic carbocycles. The maximum absolute atomic E-state index is 14.0. The summed E-state index contributed by atoms with van der Waals surface area (Å²) in [6.07, 6.45) is 0.584. The molecule has 0 bridgehead atoms. The van der Waals surface area contributed by atoms with Gasteiger partial charge in [-0.2, -0.15) is 8.61 Å². The number of anilines is 2. The highest BCUT2D eigenvalue weighted by Crippen LogP contribution is 2.29. The molecule has 62 heavy (non-hydrogen) atoms. The first kappa shape index (κ1) is 45.0. The number of benzene rings is 4. The van der Waals surface area contributed by atoms with Crippen LogP contribution in [0, 0.1) is 46.5 Å². The lowest BCUT2D eigenvalue weighted by Crippen LogP contribution is -2.49. The Morgan fingerprint density at radius 3 is 1.27 bits per heavy atom. The molecule has 0 spiro atoms. The van der Waals surface area contributed by atoms with Gasteiger partial charge in [-0.1, -0.05) is 18.2 Å². The number of thiazole rings is 2. The molecule has 328 valence electrons. The minimum atomic E-state index is -4.30. The van der Waals surface area contributed by atoms with Gasteiger partial charge in [0.15, 0.2) is 31.7 Å².